The van der Waals surface area contributed by atoms with Gasteiger partial charge in [-0.3, -0.25) is 0 Å². The van der Waals surface area contributed by atoms with Crippen molar-refractivity contribution < 1.29 is 14.3 Å². The van der Waals surface area contributed by atoms with Gasteiger partial charge >= 0.3 is 0 Å². The van der Waals surface area contributed by atoms with Crippen molar-refractivity contribution in [2.75, 3.05) is 6.61 Å². The molecule has 3 aliphatic rings. The third-order valence-corrected chi connectivity index (χ3v) is 6.63. The Kier molecular flexibility index (Phi) is 3.77. The maximum Gasteiger partial charge on any atom is 0.155 e. The van der Waals surface area contributed by atoms with Gasteiger partial charge in [0.1, 0.15) is 6.29 Å². The number of hydrogen-bond acceptors (Lipinski definition) is 3. The molecule has 0 N–H and O–H groups in total. The average Bonchev–Trinajstić information content (AvgIpc) is 2.44. The van der Waals surface area contributed by atoms with E-state index in [2.05, 4.69) is 20.4 Å². The van der Waals surface area contributed by atoms with Crippen molar-refractivity contribution in [2.24, 2.45) is 22.7 Å². The van der Waals surface area contributed by atoms with Gasteiger partial charge in [-0.05, 0) is 49.9 Å². The summed E-state index contributed by atoms with van der Waals surface area (Å²) in [5.74, 6) is 0.873. The van der Waals surface area contributed by atoms with Gasteiger partial charge in [-0.15, -0.1) is 0 Å². The van der Waals surface area contributed by atoms with Crippen LogP contribution in [0.3, 0.4) is 0 Å². The van der Waals surface area contributed by atoms with E-state index < -0.39 is 0 Å². The Balaban J connectivity index is 1.94. The van der Waals surface area contributed by atoms with Gasteiger partial charge in [-0.1, -0.05) is 26.0 Å². The predicted octanol–water partition coefficient (Wildman–Crippen LogP) is 3.73. The number of allylic oxidation sites excluding steroid dienone is 1. The summed E-state index contributed by atoms with van der Waals surface area (Å²) in [4.78, 5) is 11.2. The molecule has 21 heavy (non-hydrogen) atoms. The summed E-state index contributed by atoms with van der Waals surface area (Å²) in [7, 11) is 0. The molecule has 1 saturated heterocycles. The van der Waals surface area contributed by atoms with Crippen molar-refractivity contribution in [3.63, 3.8) is 0 Å². The second-order valence-electron chi connectivity index (χ2n) is 7.76. The number of ether oxygens (including phenoxy) is 2. The lowest BCUT2D eigenvalue weighted by Crippen LogP contribution is -2.61. The van der Waals surface area contributed by atoms with Gasteiger partial charge < -0.3 is 14.3 Å². The maximum atomic E-state index is 11.2. The zero-order valence-electron chi connectivity index (χ0n) is 13.6. The number of aldehydes is 1. The van der Waals surface area contributed by atoms with Crippen molar-refractivity contribution in [1.29, 1.82) is 0 Å². The zero-order chi connectivity index (χ0) is 15.3. The molecule has 0 aromatic carbocycles. The largest absolute Gasteiger partial charge is 0.352 e. The van der Waals surface area contributed by atoms with Gasteiger partial charge in [0.2, 0.25) is 0 Å². The first-order valence-electron chi connectivity index (χ1n) is 8.30. The normalized spacial score (nSPS) is 50.1. The minimum Gasteiger partial charge on any atom is -0.352 e. The smallest absolute Gasteiger partial charge is 0.155 e. The van der Waals surface area contributed by atoms with Crippen LogP contribution in [0.25, 0.3) is 0 Å². The third-order valence-electron chi connectivity index (χ3n) is 6.63. The van der Waals surface area contributed by atoms with Crippen molar-refractivity contribution in [3.05, 3.63) is 12.2 Å². The molecule has 2 aliphatic carbocycles. The van der Waals surface area contributed by atoms with Crippen LogP contribution in [0.4, 0.5) is 0 Å². The molecule has 3 heteroatoms. The first-order valence-corrected chi connectivity index (χ1v) is 8.30. The monoisotopic (exact) mass is 292 g/mol. The number of fused-ring (bicyclic) bond motifs is 3. The first kappa shape index (κ1) is 15.2. The van der Waals surface area contributed by atoms with Crippen LogP contribution in [-0.2, 0) is 14.3 Å². The Morgan fingerprint density at radius 1 is 1.33 bits per heavy atom. The topological polar surface area (TPSA) is 35.5 Å². The lowest BCUT2D eigenvalue weighted by molar-refractivity contribution is -0.297. The number of rotatable bonds is 2. The number of carbonyl (C=O) groups is 1. The van der Waals surface area contributed by atoms with Crippen molar-refractivity contribution in [1.82, 2.24) is 0 Å². The highest BCUT2D eigenvalue weighted by Crippen LogP contribution is 2.62. The summed E-state index contributed by atoms with van der Waals surface area (Å²) < 4.78 is 11.9. The van der Waals surface area contributed by atoms with Crippen LogP contribution in [0.5, 0.6) is 0 Å². The van der Waals surface area contributed by atoms with Crippen molar-refractivity contribution in [3.8, 4) is 0 Å². The maximum absolute atomic E-state index is 11.2. The van der Waals surface area contributed by atoms with Crippen LogP contribution in [0.15, 0.2) is 12.2 Å². The first-order chi connectivity index (χ1) is 9.91. The molecule has 0 amide bonds. The molecule has 118 valence electrons. The molecule has 3 rings (SSSR count). The minimum atomic E-state index is -0.0863. The molecule has 0 aromatic rings. The van der Waals surface area contributed by atoms with Gasteiger partial charge in [0.05, 0.1) is 12.7 Å². The van der Waals surface area contributed by atoms with Gasteiger partial charge in [0, 0.05) is 11.8 Å². The van der Waals surface area contributed by atoms with E-state index in [0.717, 1.165) is 38.6 Å². The minimum absolute atomic E-state index is 0.0708. The Morgan fingerprint density at radius 2 is 2.10 bits per heavy atom. The fraction of sp³-hybridized carbons (Fsp3) is 0.833. The highest BCUT2D eigenvalue weighted by atomic mass is 16.7. The Bertz CT molecular complexity index is 446. The van der Waals surface area contributed by atoms with E-state index in [1.807, 2.05) is 6.92 Å². The summed E-state index contributed by atoms with van der Waals surface area (Å²) in [6.45, 7) is 11.7. The van der Waals surface area contributed by atoms with Crippen LogP contribution < -0.4 is 0 Å². The molecule has 0 aromatic heterocycles. The molecule has 0 radical (unpaired) electrons. The molecular formula is C18H28O3. The van der Waals surface area contributed by atoms with Crippen LogP contribution in [0, 0.1) is 22.7 Å². The van der Waals surface area contributed by atoms with Crippen LogP contribution >= 0.6 is 0 Å². The predicted molar refractivity (Wildman–Crippen MR) is 81.8 cm³/mol. The van der Waals surface area contributed by atoms with E-state index >= 15 is 0 Å². The summed E-state index contributed by atoms with van der Waals surface area (Å²) in [5, 5.41) is 0. The second-order valence-corrected chi connectivity index (χ2v) is 7.76. The van der Waals surface area contributed by atoms with Crippen molar-refractivity contribution in [2.45, 2.75) is 65.3 Å². The van der Waals surface area contributed by atoms with Crippen molar-refractivity contribution >= 4 is 6.29 Å². The van der Waals surface area contributed by atoms with Gasteiger partial charge in [-0.25, -0.2) is 0 Å². The highest BCUT2D eigenvalue weighted by Gasteiger charge is 2.59. The third kappa shape index (κ3) is 2.20. The molecule has 1 heterocycles. The molecule has 3 fully saturated rings. The molecule has 1 aliphatic heterocycles. The fourth-order valence-electron chi connectivity index (χ4n) is 5.49. The van der Waals surface area contributed by atoms with Crippen LogP contribution in [0.1, 0.15) is 52.9 Å². The second kappa shape index (κ2) is 5.20. The molecule has 0 spiro atoms. The van der Waals surface area contributed by atoms with Gasteiger partial charge in [0.15, 0.2) is 6.29 Å². The average molecular weight is 292 g/mol. The number of hydrogen-bond donors (Lipinski definition) is 0. The van der Waals surface area contributed by atoms with Crippen LogP contribution in [-0.4, -0.2) is 25.3 Å². The van der Waals surface area contributed by atoms with E-state index in [-0.39, 0.29) is 17.1 Å². The van der Waals surface area contributed by atoms with E-state index in [1.54, 1.807) is 0 Å². The standard InChI is InChI=1S/C18H28O3/c1-12-5-6-15-17(3,14(12)8-10-19)9-7-16-18(15,4)11-20-13(2)21-16/h10,13-16H,1,5-9,11H2,2-4H3/t13-,14-,15?,16-,17+,18+/m1/s1. The Morgan fingerprint density at radius 3 is 2.81 bits per heavy atom. The van der Waals surface area contributed by atoms with Gasteiger partial charge in [0.25, 0.3) is 0 Å². The Labute approximate surface area is 128 Å². The number of carbonyl (C=O) groups excluding carboxylic acids is 1. The van der Waals surface area contributed by atoms with E-state index in [0.29, 0.717) is 24.4 Å². The Hall–Kier alpha value is -0.670. The SMILES string of the molecule is C=C1CCC2[C@]3(C)CO[C@@H](C)O[C@@H]3CC[C@@]2(C)[C@@H]1CC=O. The highest BCUT2D eigenvalue weighted by molar-refractivity contribution is 5.51. The summed E-state index contributed by atoms with van der Waals surface area (Å²) in [5.41, 5.74) is 1.50. The fourth-order valence-corrected chi connectivity index (χ4v) is 5.49. The summed E-state index contributed by atoms with van der Waals surface area (Å²) in [6, 6.07) is 0. The summed E-state index contributed by atoms with van der Waals surface area (Å²) >= 11 is 0. The van der Waals surface area contributed by atoms with E-state index in [9.17, 15) is 4.79 Å². The molecule has 3 nitrogen and oxygen atoms in total. The molecule has 0 bridgehead atoms. The van der Waals surface area contributed by atoms with Gasteiger partial charge in [-0.2, -0.15) is 0 Å². The lowest BCUT2D eigenvalue weighted by atomic mass is 9.46. The molecule has 6 atom stereocenters. The van der Waals surface area contributed by atoms with E-state index in [1.165, 1.54) is 5.57 Å². The van der Waals surface area contributed by atoms with Crippen LogP contribution in [0.2, 0.25) is 0 Å². The molecule has 2 saturated carbocycles. The molecular weight excluding hydrogens is 264 g/mol. The lowest BCUT2D eigenvalue weighted by Gasteiger charge is -2.62. The zero-order valence-corrected chi connectivity index (χ0v) is 13.6. The quantitative estimate of drug-likeness (QED) is 0.575. The summed E-state index contributed by atoms with van der Waals surface area (Å²) in [6.07, 6.45) is 6.29. The van der Waals surface area contributed by atoms with E-state index in [4.69, 9.17) is 9.47 Å². The molecule has 1 unspecified atom stereocenters.